The summed E-state index contributed by atoms with van der Waals surface area (Å²) in [5, 5.41) is 19.2. The van der Waals surface area contributed by atoms with Crippen molar-refractivity contribution in [3.05, 3.63) is 29.3 Å². The lowest BCUT2D eigenvalue weighted by atomic mass is 9.80. The molecule has 0 aliphatic heterocycles. The molecule has 16 heavy (non-hydrogen) atoms. The fourth-order valence-corrected chi connectivity index (χ4v) is 1.70. The topological polar surface area (TPSA) is 66.5 Å². The van der Waals surface area contributed by atoms with Crippen LogP contribution in [0.15, 0.2) is 18.2 Å². The Kier molecular flexibility index (Phi) is 3.94. The smallest absolute Gasteiger partial charge is 0.124 e. The van der Waals surface area contributed by atoms with Gasteiger partial charge in [0, 0.05) is 5.56 Å². The van der Waals surface area contributed by atoms with Gasteiger partial charge in [-0.05, 0) is 17.4 Å². The Morgan fingerprint density at radius 1 is 1.38 bits per heavy atom. The third-order valence-electron chi connectivity index (χ3n) is 3.28. The average molecular weight is 223 g/mol. The molecule has 0 fully saturated rings. The van der Waals surface area contributed by atoms with Gasteiger partial charge in [0.25, 0.3) is 0 Å². The maximum atomic E-state index is 10.2. The summed E-state index contributed by atoms with van der Waals surface area (Å²) < 4.78 is 0. The van der Waals surface area contributed by atoms with Crippen molar-refractivity contribution < 1.29 is 10.2 Å². The van der Waals surface area contributed by atoms with Crippen molar-refractivity contribution >= 4 is 0 Å². The molecule has 0 aliphatic carbocycles. The van der Waals surface area contributed by atoms with E-state index in [1.165, 1.54) is 0 Å². The summed E-state index contributed by atoms with van der Waals surface area (Å²) >= 11 is 0. The van der Waals surface area contributed by atoms with E-state index in [9.17, 15) is 5.11 Å². The average Bonchev–Trinajstić information content (AvgIpc) is 2.28. The first-order valence-electron chi connectivity index (χ1n) is 5.62. The van der Waals surface area contributed by atoms with Crippen molar-refractivity contribution in [2.75, 3.05) is 6.61 Å². The van der Waals surface area contributed by atoms with Crippen LogP contribution in [0.25, 0.3) is 0 Å². The Hall–Kier alpha value is -1.06. The third-order valence-corrected chi connectivity index (χ3v) is 3.28. The lowest BCUT2D eigenvalue weighted by Gasteiger charge is -2.26. The summed E-state index contributed by atoms with van der Waals surface area (Å²) in [6.07, 6.45) is 0.929. The van der Waals surface area contributed by atoms with Gasteiger partial charge in [-0.3, -0.25) is 0 Å². The van der Waals surface area contributed by atoms with Crippen LogP contribution < -0.4 is 5.73 Å². The van der Waals surface area contributed by atoms with E-state index in [2.05, 4.69) is 20.8 Å². The maximum Gasteiger partial charge on any atom is 0.124 e. The van der Waals surface area contributed by atoms with E-state index in [1.807, 2.05) is 12.1 Å². The summed E-state index contributed by atoms with van der Waals surface area (Å²) in [6.45, 7) is 6.08. The van der Waals surface area contributed by atoms with Crippen LogP contribution in [-0.2, 0) is 5.41 Å². The predicted molar refractivity (Wildman–Crippen MR) is 65.4 cm³/mol. The van der Waals surface area contributed by atoms with Gasteiger partial charge in [0.2, 0.25) is 0 Å². The highest BCUT2D eigenvalue weighted by Gasteiger charge is 2.24. The first kappa shape index (κ1) is 13.0. The molecule has 1 rings (SSSR count). The molecular weight excluding hydrogens is 202 g/mol. The van der Waals surface area contributed by atoms with Gasteiger partial charge in [0.05, 0.1) is 12.6 Å². The first-order valence-corrected chi connectivity index (χ1v) is 5.62. The number of nitrogens with two attached hydrogens (primary N) is 1. The molecule has 1 atom stereocenters. The minimum Gasteiger partial charge on any atom is -0.507 e. The third kappa shape index (κ3) is 2.36. The summed E-state index contributed by atoms with van der Waals surface area (Å²) in [6, 6.07) is 5.02. The van der Waals surface area contributed by atoms with Crippen LogP contribution in [-0.4, -0.2) is 16.8 Å². The first-order chi connectivity index (χ1) is 7.44. The zero-order valence-corrected chi connectivity index (χ0v) is 10.2. The fraction of sp³-hybridized carbons (Fsp3) is 0.538. The standard InChI is InChI=1S/C13H21NO2/c1-4-13(2,3)10-7-5-6-9(12(10)16)11(14)8-15/h5-7,11,15-16H,4,8,14H2,1-3H3/t11-/m0/s1. The van der Waals surface area contributed by atoms with Crippen LogP contribution in [0.4, 0.5) is 0 Å². The fourth-order valence-electron chi connectivity index (χ4n) is 1.70. The summed E-state index contributed by atoms with van der Waals surface area (Å²) in [5.41, 5.74) is 7.15. The summed E-state index contributed by atoms with van der Waals surface area (Å²) in [4.78, 5) is 0. The second-order valence-electron chi connectivity index (χ2n) is 4.77. The van der Waals surface area contributed by atoms with Crippen LogP contribution in [0, 0.1) is 0 Å². The van der Waals surface area contributed by atoms with Crippen LogP contribution in [0.1, 0.15) is 44.4 Å². The number of hydrogen-bond donors (Lipinski definition) is 3. The van der Waals surface area contributed by atoms with Crippen molar-refractivity contribution in [1.29, 1.82) is 0 Å². The van der Waals surface area contributed by atoms with Gasteiger partial charge in [-0.15, -0.1) is 0 Å². The van der Waals surface area contributed by atoms with Crippen molar-refractivity contribution in [3.63, 3.8) is 0 Å². The highest BCUT2D eigenvalue weighted by atomic mass is 16.3. The molecule has 0 unspecified atom stereocenters. The number of aliphatic hydroxyl groups is 1. The SMILES string of the molecule is CCC(C)(C)c1cccc([C@@H](N)CO)c1O. The number of para-hydroxylation sites is 1. The second-order valence-corrected chi connectivity index (χ2v) is 4.77. The van der Waals surface area contributed by atoms with Gasteiger partial charge in [-0.25, -0.2) is 0 Å². The zero-order valence-electron chi connectivity index (χ0n) is 10.2. The lowest BCUT2D eigenvalue weighted by Crippen LogP contribution is -2.19. The van der Waals surface area contributed by atoms with Crippen LogP contribution in [0.2, 0.25) is 0 Å². The summed E-state index contributed by atoms with van der Waals surface area (Å²) in [7, 11) is 0. The van der Waals surface area contributed by atoms with Crippen molar-refractivity contribution in [3.8, 4) is 5.75 Å². The second kappa shape index (κ2) is 4.85. The van der Waals surface area contributed by atoms with Crippen LogP contribution in [0.5, 0.6) is 5.75 Å². The van der Waals surface area contributed by atoms with Crippen molar-refractivity contribution in [2.45, 2.75) is 38.6 Å². The minimum absolute atomic E-state index is 0.0880. The molecule has 0 bridgehead atoms. The molecule has 1 aromatic rings. The lowest BCUT2D eigenvalue weighted by molar-refractivity contribution is 0.264. The van der Waals surface area contributed by atoms with Gasteiger partial charge in [0.1, 0.15) is 5.75 Å². The molecule has 0 amide bonds. The van der Waals surface area contributed by atoms with Gasteiger partial charge < -0.3 is 15.9 Å². The Balaban J connectivity index is 3.24. The molecule has 1 aromatic carbocycles. The van der Waals surface area contributed by atoms with E-state index in [-0.39, 0.29) is 17.8 Å². The molecule has 0 aliphatic rings. The van der Waals surface area contributed by atoms with Crippen molar-refractivity contribution in [1.82, 2.24) is 0 Å². The highest BCUT2D eigenvalue weighted by Crippen LogP contribution is 2.37. The molecule has 0 radical (unpaired) electrons. The van der Waals surface area contributed by atoms with Gasteiger partial charge >= 0.3 is 0 Å². The van der Waals surface area contributed by atoms with Crippen molar-refractivity contribution in [2.24, 2.45) is 5.73 Å². The number of phenolic OH excluding ortho intramolecular Hbond substituents is 1. The number of phenols is 1. The number of aliphatic hydroxyl groups excluding tert-OH is 1. The minimum atomic E-state index is -0.521. The maximum absolute atomic E-state index is 10.2. The molecule has 0 aromatic heterocycles. The zero-order chi connectivity index (χ0) is 12.3. The Morgan fingerprint density at radius 2 is 2.00 bits per heavy atom. The number of aromatic hydroxyl groups is 1. The van der Waals surface area contributed by atoms with E-state index in [0.29, 0.717) is 5.56 Å². The van der Waals surface area contributed by atoms with E-state index in [1.54, 1.807) is 6.07 Å². The number of hydrogen-bond acceptors (Lipinski definition) is 3. The van der Waals surface area contributed by atoms with Gasteiger partial charge in [0.15, 0.2) is 0 Å². The van der Waals surface area contributed by atoms with E-state index >= 15 is 0 Å². The highest BCUT2D eigenvalue weighted by molar-refractivity contribution is 5.45. The van der Waals surface area contributed by atoms with Gasteiger partial charge in [-0.2, -0.15) is 0 Å². The normalized spacial score (nSPS) is 13.8. The van der Waals surface area contributed by atoms with E-state index < -0.39 is 6.04 Å². The molecule has 0 spiro atoms. The molecule has 4 N–H and O–H groups in total. The largest absolute Gasteiger partial charge is 0.507 e. The van der Waals surface area contributed by atoms with E-state index in [4.69, 9.17) is 10.8 Å². The van der Waals surface area contributed by atoms with Crippen LogP contribution in [0.3, 0.4) is 0 Å². The molecule has 0 saturated heterocycles. The molecule has 0 saturated carbocycles. The Labute approximate surface area is 96.9 Å². The number of rotatable bonds is 4. The van der Waals surface area contributed by atoms with Crippen LogP contribution >= 0.6 is 0 Å². The Bertz CT molecular complexity index is 361. The number of benzene rings is 1. The monoisotopic (exact) mass is 223 g/mol. The molecule has 90 valence electrons. The quantitative estimate of drug-likeness (QED) is 0.732. The summed E-state index contributed by atoms with van der Waals surface area (Å²) in [5.74, 6) is 0.218. The van der Waals surface area contributed by atoms with E-state index in [0.717, 1.165) is 12.0 Å². The Morgan fingerprint density at radius 3 is 2.50 bits per heavy atom. The molecular formula is C13H21NO2. The molecule has 3 nitrogen and oxygen atoms in total. The molecule has 0 heterocycles. The van der Waals surface area contributed by atoms with Gasteiger partial charge in [-0.1, -0.05) is 39.0 Å². The predicted octanol–water partition coefficient (Wildman–Crippen LogP) is 2.07. The molecule has 3 heteroatoms.